The summed E-state index contributed by atoms with van der Waals surface area (Å²) in [6.07, 6.45) is 5.23. The SMILES string of the molecule is COc1ccc(CNc2ccnc(-c3cccnc3)n2)cc1. The second-order valence-corrected chi connectivity index (χ2v) is 4.71. The van der Waals surface area contributed by atoms with Crippen LogP contribution in [0.2, 0.25) is 0 Å². The number of benzene rings is 1. The highest BCUT2D eigenvalue weighted by atomic mass is 16.5. The summed E-state index contributed by atoms with van der Waals surface area (Å²) in [5.74, 6) is 2.29. The Kier molecular flexibility index (Phi) is 4.25. The maximum atomic E-state index is 5.15. The summed E-state index contributed by atoms with van der Waals surface area (Å²) < 4.78 is 5.15. The van der Waals surface area contributed by atoms with Crippen LogP contribution in [0.15, 0.2) is 61.1 Å². The van der Waals surface area contributed by atoms with Crippen molar-refractivity contribution in [3.63, 3.8) is 0 Å². The molecule has 5 heteroatoms. The first-order valence-corrected chi connectivity index (χ1v) is 6.95. The van der Waals surface area contributed by atoms with E-state index in [1.807, 2.05) is 42.5 Å². The van der Waals surface area contributed by atoms with Gasteiger partial charge in [-0.05, 0) is 35.9 Å². The first-order chi connectivity index (χ1) is 10.8. The summed E-state index contributed by atoms with van der Waals surface area (Å²) in [6, 6.07) is 13.6. The molecule has 0 saturated carbocycles. The lowest BCUT2D eigenvalue weighted by Gasteiger charge is -2.08. The summed E-state index contributed by atoms with van der Waals surface area (Å²) in [6.45, 7) is 0.688. The van der Waals surface area contributed by atoms with Gasteiger partial charge in [0.2, 0.25) is 0 Å². The van der Waals surface area contributed by atoms with Gasteiger partial charge in [-0.3, -0.25) is 4.98 Å². The molecule has 1 N–H and O–H groups in total. The number of aromatic nitrogens is 3. The number of rotatable bonds is 5. The van der Waals surface area contributed by atoms with Crippen LogP contribution in [0.3, 0.4) is 0 Å². The van der Waals surface area contributed by atoms with Gasteiger partial charge in [-0.2, -0.15) is 0 Å². The molecule has 0 bridgehead atoms. The predicted molar refractivity (Wildman–Crippen MR) is 85.6 cm³/mol. The molecule has 0 saturated heterocycles. The zero-order valence-electron chi connectivity index (χ0n) is 12.2. The van der Waals surface area contributed by atoms with Crippen LogP contribution in [-0.2, 0) is 6.54 Å². The summed E-state index contributed by atoms with van der Waals surface area (Å²) >= 11 is 0. The predicted octanol–water partition coefficient (Wildman–Crippen LogP) is 3.16. The first-order valence-electron chi connectivity index (χ1n) is 6.95. The largest absolute Gasteiger partial charge is 0.497 e. The maximum Gasteiger partial charge on any atom is 0.163 e. The van der Waals surface area contributed by atoms with Gasteiger partial charge < -0.3 is 10.1 Å². The molecule has 0 amide bonds. The molecule has 110 valence electrons. The number of pyridine rings is 1. The Morgan fingerprint density at radius 3 is 2.64 bits per heavy atom. The van der Waals surface area contributed by atoms with E-state index in [4.69, 9.17) is 4.74 Å². The molecule has 0 unspecified atom stereocenters. The van der Waals surface area contributed by atoms with Crippen molar-refractivity contribution in [3.05, 3.63) is 66.6 Å². The molecule has 5 nitrogen and oxygen atoms in total. The molecular weight excluding hydrogens is 276 g/mol. The number of ether oxygens (including phenoxy) is 1. The number of nitrogens with zero attached hydrogens (tertiary/aromatic N) is 3. The lowest BCUT2D eigenvalue weighted by molar-refractivity contribution is 0.414. The Bertz CT molecular complexity index is 729. The molecule has 3 rings (SSSR count). The van der Waals surface area contributed by atoms with E-state index in [1.165, 1.54) is 0 Å². The molecule has 0 aliphatic heterocycles. The van der Waals surface area contributed by atoms with Crippen molar-refractivity contribution in [2.75, 3.05) is 12.4 Å². The third kappa shape index (κ3) is 3.38. The average molecular weight is 292 g/mol. The summed E-state index contributed by atoms with van der Waals surface area (Å²) in [7, 11) is 1.66. The number of nitrogens with one attached hydrogen (secondary N) is 1. The van der Waals surface area contributed by atoms with Gasteiger partial charge in [0.15, 0.2) is 5.82 Å². The molecule has 1 aromatic carbocycles. The third-order valence-electron chi connectivity index (χ3n) is 3.21. The maximum absolute atomic E-state index is 5.15. The minimum absolute atomic E-state index is 0.660. The zero-order chi connectivity index (χ0) is 15.2. The minimum Gasteiger partial charge on any atom is -0.497 e. The summed E-state index contributed by atoms with van der Waals surface area (Å²) in [5.41, 5.74) is 2.05. The number of hydrogen-bond donors (Lipinski definition) is 1. The van der Waals surface area contributed by atoms with E-state index in [0.717, 1.165) is 22.7 Å². The number of methoxy groups -OCH3 is 1. The molecule has 3 aromatic rings. The Labute approximate surface area is 129 Å². The van der Waals surface area contributed by atoms with E-state index in [9.17, 15) is 0 Å². The molecule has 2 heterocycles. The third-order valence-corrected chi connectivity index (χ3v) is 3.21. The van der Waals surface area contributed by atoms with Gasteiger partial charge in [-0.1, -0.05) is 12.1 Å². The van der Waals surface area contributed by atoms with E-state index < -0.39 is 0 Å². The Morgan fingerprint density at radius 2 is 1.91 bits per heavy atom. The van der Waals surface area contributed by atoms with Crippen molar-refractivity contribution in [1.29, 1.82) is 0 Å². The monoisotopic (exact) mass is 292 g/mol. The lowest BCUT2D eigenvalue weighted by Crippen LogP contribution is -2.02. The van der Waals surface area contributed by atoms with E-state index in [-0.39, 0.29) is 0 Å². The van der Waals surface area contributed by atoms with Crippen molar-refractivity contribution >= 4 is 5.82 Å². The molecule has 0 fully saturated rings. The Morgan fingerprint density at radius 1 is 1.05 bits per heavy atom. The standard InChI is InChI=1S/C17H16N4O/c1-22-15-6-4-13(5-7-15)11-20-16-8-10-19-17(21-16)14-3-2-9-18-12-14/h2-10,12H,11H2,1H3,(H,19,20,21). The van der Waals surface area contributed by atoms with Crippen LogP contribution in [0, 0.1) is 0 Å². The normalized spacial score (nSPS) is 10.2. The highest BCUT2D eigenvalue weighted by molar-refractivity contribution is 5.55. The van der Waals surface area contributed by atoms with E-state index in [0.29, 0.717) is 12.4 Å². The highest BCUT2D eigenvalue weighted by Gasteiger charge is 2.02. The van der Waals surface area contributed by atoms with Crippen LogP contribution < -0.4 is 10.1 Å². The highest BCUT2D eigenvalue weighted by Crippen LogP contribution is 2.16. The van der Waals surface area contributed by atoms with Crippen LogP contribution >= 0.6 is 0 Å². The van der Waals surface area contributed by atoms with Gasteiger partial charge in [0, 0.05) is 30.7 Å². The molecular formula is C17H16N4O. The van der Waals surface area contributed by atoms with E-state index in [2.05, 4.69) is 20.3 Å². The molecule has 0 aliphatic carbocycles. The quantitative estimate of drug-likeness (QED) is 0.782. The van der Waals surface area contributed by atoms with Gasteiger partial charge >= 0.3 is 0 Å². The van der Waals surface area contributed by atoms with Crippen LogP contribution in [0.5, 0.6) is 5.75 Å². The van der Waals surface area contributed by atoms with Crippen LogP contribution in [0.25, 0.3) is 11.4 Å². The van der Waals surface area contributed by atoms with Gasteiger partial charge in [0.05, 0.1) is 7.11 Å². The van der Waals surface area contributed by atoms with Gasteiger partial charge in [-0.15, -0.1) is 0 Å². The molecule has 0 atom stereocenters. The second-order valence-electron chi connectivity index (χ2n) is 4.71. The zero-order valence-corrected chi connectivity index (χ0v) is 12.2. The molecule has 0 spiro atoms. The number of hydrogen-bond acceptors (Lipinski definition) is 5. The second kappa shape index (κ2) is 6.67. The lowest BCUT2D eigenvalue weighted by atomic mass is 10.2. The van der Waals surface area contributed by atoms with E-state index >= 15 is 0 Å². The van der Waals surface area contributed by atoms with Crippen molar-refractivity contribution < 1.29 is 4.74 Å². The van der Waals surface area contributed by atoms with Crippen LogP contribution in [0.1, 0.15) is 5.56 Å². The molecule has 0 radical (unpaired) electrons. The van der Waals surface area contributed by atoms with Crippen molar-refractivity contribution in [2.24, 2.45) is 0 Å². The van der Waals surface area contributed by atoms with Gasteiger partial charge in [-0.25, -0.2) is 9.97 Å². The molecule has 22 heavy (non-hydrogen) atoms. The average Bonchev–Trinajstić information content (AvgIpc) is 2.61. The van der Waals surface area contributed by atoms with Crippen molar-refractivity contribution in [3.8, 4) is 17.1 Å². The van der Waals surface area contributed by atoms with Crippen LogP contribution in [0.4, 0.5) is 5.82 Å². The molecule has 2 aromatic heterocycles. The van der Waals surface area contributed by atoms with Gasteiger partial charge in [0.1, 0.15) is 11.6 Å². The fourth-order valence-corrected chi connectivity index (χ4v) is 2.03. The first kappa shape index (κ1) is 14.0. The fraction of sp³-hybridized carbons (Fsp3) is 0.118. The summed E-state index contributed by atoms with van der Waals surface area (Å²) in [5, 5.41) is 3.30. The van der Waals surface area contributed by atoms with Crippen molar-refractivity contribution in [2.45, 2.75) is 6.54 Å². The Hall–Kier alpha value is -2.95. The Balaban J connectivity index is 1.70. The smallest absolute Gasteiger partial charge is 0.163 e. The number of anilines is 1. The topological polar surface area (TPSA) is 59.9 Å². The summed E-state index contributed by atoms with van der Waals surface area (Å²) in [4.78, 5) is 12.9. The minimum atomic E-state index is 0.660. The van der Waals surface area contributed by atoms with Gasteiger partial charge in [0.25, 0.3) is 0 Å². The van der Waals surface area contributed by atoms with E-state index in [1.54, 1.807) is 25.7 Å². The van der Waals surface area contributed by atoms with Crippen molar-refractivity contribution in [1.82, 2.24) is 15.0 Å². The fourth-order valence-electron chi connectivity index (χ4n) is 2.03. The van der Waals surface area contributed by atoms with Crippen LogP contribution in [-0.4, -0.2) is 22.1 Å². The molecule has 0 aliphatic rings.